The van der Waals surface area contributed by atoms with E-state index in [1.54, 1.807) is 6.20 Å². The first kappa shape index (κ1) is 20.3. The second-order valence-electron chi connectivity index (χ2n) is 6.01. The lowest BCUT2D eigenvalue weighted by atomic mass is 10.1. The summed E-state index contributed by atoms with van der Waals surface area (Å²) < 4.78 is 46.5. The molecule has 0 amide bonds. The smallest absolute Gasteiger partial charge is 0.216 e. The number of nitrogens with zero attached hydrogens (tertiary/aromatic N) is 1. The minimum absolute atomic E-state index is 0.00739. The zero-order chi connectivity index (χ0) is 20.1. The molecule has 0 aliphatic carbocycles. The van der Waals surface area contributed by atoms with Crippen LogP contribution in [0.25, 0.3) is 11.3 Å². The van der Waals surface area contributed by atoms with Crippen molar-refractivity contribution in [1.29, 1.82) is 0 Å². The summed E-state index contributed by atoms with van der Waals surface area (Å²) in [5, 5.41) is 6.94. The summed E-state index contributed by atoms with van der Waals surface area (Å²) in [6.07, 6.45) is 1.55. The molecule has 2 N–H and O–H groups in total. The molecule has 0 aliphatic rings. The Balaban J connectivity index is 1.72. The van der Waals surface area contributed by atoms with Crippen molar-refractivity contribution in [2.45, 2.75) is 19.2 Å². The van der Waals surface area contributed by atoms with Crippen molar-refractivity contribution in [2.24, 2.45) is 0 Å². The number of H-pyrrole nitrogens is 1. The fraction of sp³-hybridized carbons (Fsp3) is 0.211. The Morgan fingerprint density at radius 1 is 1.21 bits per heavy atom. The lowest BCUT2D eigenvalue weighted by Gasteiger charge is -2.10. The number of halogens is 2. The zero-order valence-electron chi connectivity index (χ0n) is 15.1. The van der Waals surface area contributed by atoms with Gasteiger partial charge in [0.15, 0.2) is 0 Å². The van der Waals surface area contributed by atoms with Gasteiger partial charge in [-0.15, -0.1) is 0 Å². The predicted octanol–water partition coefficient (Wildman–Crippen LogP) is 3.89. The summed E-state index contributed by atoms with van der Waals surface area (Å²) >= 11 is 5.92. The van der Waals surface area contributed by atoms with Crippen LogP contribution in [0.5, 0.6) is 5.75 Å². The third-order valence-corrected chi connectivity index (χ3v) is 5.66. The van der Waals surface area contributed by atoms with Gasteiger partial charge >= 0.3 is 0 Å². The van der Waals surface area contributed by atoms with E-state index in [1.165, 1.54) is 18.2 Å². The highest BCUT2D eigenvalue weighted by Gasteiger charge is 2.18. The number of nitrogens with one attached hydrogen (secondary N) is 2. The third-order valence-electron chi connectivity index (χ3n) is 4.05. The minimum Gasteiger partial charge on any atom is -0.494 e. The molecular weight excluding hydrogens is 405 g/mol. The van der Waals surface area contributed by atoms with Crippen LogP contribution in [0.3, 0.4) is 0 Å². The Morgan fingerprint density at radius 2 is 1.96 bits per heavy atom. The molecule has 0 fully saturated rings. The molecule has 0 saturated carbocycles. The first-order valence-corrected chi connectivity index (χ1v) is 10.6. The van der Waals surface area contributed by atoms with E-state index in [2.05, 4.69) is 14.9 Å². The number of hydrogen-bond donors (Lipinski definition) is 2. The predicted molar refractivity (Wildman–Crippen MR) is 106 cm³/mol. The van der Waals surface area contributed by atoms with E-state index < -0.39 is 21.6 Å². The molecule has 9 heteroatoms. The third kappa shape index (κ3) is 4.89. The standard InChI is InChI=1S/C19H19ClFN3O3S/c1-2-27-15-8-6-13(7-9-15)19-14(10-22-24-19)11-23-28(25,26)12-16-17(20)4-3-5-18(16)21/h3-10,23H,2,11-12H2,1H3,(H,22,24). The monoisotopic (exact) mass is 423 g/mol. The maximum atomic E-state index is 13.9. The van der Waals surface area contributed by atoms with E-state index in [4.69, 9.17) is 16.3 Å². The molecule has 6 nitrogen and oxygen atoms in total. The molecule has 148 valence electrons. The maximum absolute atomic E-state index is 13.9. The molecule has 2 aromatic carbocycles. The molecule has 0 spiro atoms. The number of sulfonamides is 1. The van der Waals surface area contributed by atoms with Crippen LogP contribution in [-0.2, 0) is 22.3 Å². The van der Waals surface area contributed by atoms with Crippen molar-refractivity contribution < 1.29 is 17.5 Å². The number of aromatic amines is 1. The topological polar surface area (TPSA) is 84.1 Å². The van der Waals surface area contributed by atoms with Gasteiger partial charge < -0.3 is 4.74 Å². The van der Waals surface area contributed by atoms with Gasteiger partial charge in [-0.05, 0) is 43.3 Å². The molecule has 0 bridgehead atoms. The molecule has 3 aromatic rings. The van der Waals surface area contributed by atoms with E-state index in [9.17, 15) is 12.8 Å². The number of aromatic nitrogens is 2. The first-order valence-electron chi connectivity index (χ1n) is 8.55. The Hall–Kier alpha value is -2.42. The van der Waals surface area contributed by atoms with Crippen molar-refractivity contribution in [3.63, 3.8) is 0 Å². The molecule has 0 aliphatic heterocycles. The highest BCUT2D eigenvalue weighted by Crippen LogP contribution is 2.25. The van der Waals surface area contributed by atoms with Gasteiger partial charge in [-0.1, -0.05) is 17.7 Å². The summed E-state index contributed by atoms with van der Waals surface area (Å²) in [4.78, 5) is 0. The summed E-state index contributed by atoms with van der Waals surface area (Å²) in [7, 11) is -3.80. The van der Waals surface area contributed by atoms with E-state index in [1.807, 2.05) is 31.2 Å². The summed E-state index contributed by atoms with van der Waals surface area (Å²) in [6, 6.07) is 11.4. The number of benzene rings is 2. The lowest BCUT2D eigenvalue weighted by molar-refractivity contribution is 0.340. The normalized spacial score (nSPS) is 11.5. The number of rotatable bonds is 8. The van der Waals surface area contributed by atoms with Gasteiger partial charge in [-0.3, -0.25) is 5.10 Å². The molecular formula is C19H19ClFN3O3S. The Morgan fingerprint density at radius 3 is 2.64 bits per heavy atom. The SMILES string of the molecule is CCOc1ccc(-c2[nH]ncc2CNS(=O)(=O)Cc2c(F)cccc2Cl)cc1. The summed E-state index contributed by atoms with van der Waals surface area (Å²) in [6.45, 7) is 2.48. The molecule has 28 heavy (non-hydrogen) atoms. The largest absolute Gasteiger partial charge is 0.494 e. The second kappa shape index (κ2) is 8.72. The van der Waals surface area contributed by atoms with Crippen LogP contribution in [0.1, 0.15) is 18.1 Å². The van der Waals surface area contributed by atoms with Gasteiger partial charge in [0.1, 0.15) is 11.6 Å². The van der Waals surface area contributed by atoms with Crippen LogP contribution in [-0.4, -0.2) is 25.2 Å². The van der Waals surface area contributed by atoms with Gasteiger partial charge in [0.05, 0.1) is 24.3 Å². The van der Waals surface area contributed by atoms with Crippen LogP contribution in [0, 0.1) is 5.82 Å². The fourth-order valence-electron chi connectivity index (χ4n) is 2.68. The molecule has 1 heterocycles. The van der Waals surface area contributed by atoms with Crippen LogP contribution in [0.4, 0.5) is 4.39 Å². The summed E-state index contributed by atoms with van der Waals surface area (Å²) in [5.74, 6) is -0.458. The van der Waals surface area contributed by atoms with E-state index in [0.717, 1.165) is 11.3 Å². The average molecular weight is 424 g/mol. The molecule has 0 radical (unpaired) electrons. The average Bonchev–Trinajstić information content (AvgIpc) is 3.13. The maximum Gasteiger partial charge on any atom is 0.216 e. The molecule has 3 rings (SSSR count). The zero-order valence-corrected chi connectivity index (χ0v) is 16.6. The molecule has 0 unspecified atom stereocenters. The molecule has 1 aromatic heterocycles. The van der Waals surface area contributed by atoms with Crippen molar-refractivity contribution in [3.05, 3.63) is 70.6 Å². The van der Waals surface area contributed by atoms with Crippen molar-refractivity contribution in [2.75, 3.05) is 6.61 Å². The Labute approximate surface area is 167 Å². The van der Waals surface area contributed by atoms with Crippen LogP contribution in [0.15, 0.2) is 48.7 Å². The highest BCUT2D eigenvalue weighted by atomic mass is 35.5. The van der Waals surface area contributed by atoms with E-state index in [0.29, 0.717) is 17.9 Å². The van der Waals surface area contributed by atoms with E-state index in [-0.39, 0.29) is 17.1 Å². The first-order chi connectivity index (χ1) is 13.4. The van der Waals surface area contributed by atoms with Gasteiger partial charge in [-0.25, -0.2) is 17.5 Å². The van der Waals surface area contributed by atoms with Crippen LogP contribution < -0.4 is 9.46 Å². The minimum atomic E-state index is -3.80. The number of hydrogen-bond acceptors (Lipinski definition) is 4. The van der Waals surface area contributed by atoms with Crippen molar-refractivity contribution in [1.82, 2.24) is 14.9 Å². The summed E-state index contributed by atoms with van der Waals surface area (Å²) in [5.41, 5.74) is 2.13. The van der Waals surface area contributed by atoms with Crippen LogP contribution >= 0.6 is 11.6 Å². The molecule has 0 saturated heterocycles. The fourth-order valence-corrected chi connectivity index (χ4v) is 4.14. The van der Waals surface area contributed by atoms with Gasteiger partial charge in [0.2, 0.25) is 10.0 Å². The lowest BCUT2D eigenvalue weighted by Crippen LogP contribution is -2.25. The Kier molecular flexibility index (Phi) is 6.33. The molecule has 0 atom stereocenters. The number of ether oxygens (including phenoxy) is 1. The van der Waals surface area contributed by atoms with Gasteiger partial charge in [0.25, 0.3) is 0 Å². The van der Waals surface area contributed by atoms with Gasteiger partial charge in [-0.2, -0.15) is 5.10 Å². The quantitative estimate of drug-likeness (QED) is 0.575. The highest BCUT2D eigenvalue weighted by molar-refractivity contribution is 7.88. The van der Waals surface area contributed by atoms with Crippen molar-refractivity contribution >= 4 is 21.6 Å². The van der Waals surface area contributed by atoms with Crippen molar-refractivity contribution in [3.8, 4) is 17.0 Å². The second-order valence-corrected chi connectivity index (χ2v) is 8.22. The van der Waals surface area contributed by atoms with Gasteiger partial charge in [0, 0.05) is 28.3 Å². The van der Waals surface area contributed by atoms with E-state index >= 15 is 0 Å². The van der Waals surface area contributed by atoms with Crippen LogP contribution in [0.2, 0.25) is 5.02 Å². The Bertz CT molecular complexity index is 1030.